The summed E-state index contributed by atoms with van der Waals surface area (Å²) < 4.78 is 0. The molecule has 1 heteroatoms. The van der Waals surface area contributed by atoms with Crippen LogP contribution >= 0.6 is 0 Å². The molecule has 0 heterocycles. The average molecular weight is 247 g/mol. The number of hydrogen-bond donors (Lipinski definition) is 1. The second-order valence-electron chi connectivity index (χ2n) is 5.26. The molecule has 1 nitrogen and oxygen atoms in total. The van der Waals surface area contributed by atoms with E-state index in [1.807, 2.05) is 0 Å². The number of hydrogen-bond acceptors (Lipinski definition) is 1. The summed E-state index contributed by atoms with van der Waals surface area (Å²) in [4.78, 5) is 0. The molecule has 1 N–H and O–H groups in total. The molecule has 0 aliphatic heterocycles. The molecule has 1 aromatic rings. The first-order valence-electron chi connectivity index (χ1n) is 7.53. The maximum Gasteiger partial charge on any atom is 0.00954 e. The molecule has 0 fully saturated rings. The lowest BCUT2D eigenvalue weighted by Crippen LogP contribution is -2.34. The Kier molecular flexibility index (Phi) is 7.75. The van der Waals surface area contributed by atoms with Crippen LogP contribution in [0.25, 0.3) is 0 Å². The van der Waals surface area contributed by atoms with E-state index in [2.05, 4.69) is 56.5 Å². The van der Waals surface area contributed by atoms with Gasteiger partial charge in [0.15, 0.2) is 0 Å². The zero-order valence-corrected chi connectivity index (χ0v) is 12.3. The van der Waals surface area contributed by atoms with E-state index in [0.29, 0.717) is 6.04 Å². The lowest BCUT2D eigenvalue weighted by Gasteiger charge is -2.26. The summed E-state index contributed by atoms with van der Waals surface area (Å²) in [6.45, 7) is 4.60. The van der Waals surface area contributed by atoms with Crippen molar-refractivity contribution in [2.24, 2.45) is 5.92 Å². The van der Waals surface area contributed by atoms with Crippen molar-refractivity contribution >= 4 is 0 Å². The Labute approximate surface area is 113 Å². The predicted octanol–water partition coefficient (Wildman–Crippen LogP) is 4.42. The minimum atomic E-state index is 0.671. The smallest absolute Gasteiger partial charge is 0.00954 e. The van der Waals surface area contributed by atoms with E-state index >= 15 is 0 Å². The molecule has 0 bridgehead atoms. The summed E-state index contributed by atoms with van der Waals surface area (Å²) in [6.07, 6.45) is 7.76. The minimum absolute atomic E-state index is 0.671. The Balaban J connectivity index is 2.48. The van der Waals surface area contributed by atoms with Crippen molar-refractivity contribution < 1.29 is 0 Å². The normalized spacial score (nSPS) is 12.9. The Morgan fingerprint density at radius 1 is 0.944 bits per heavy atom. The van der Waals surface area contributed by atoms with Gasteiger partial charge in [0.1, 0.15) is 0 Å². The highest BCUT2D eigenvalue weighted by atomic mass is 14.9. The number of nitrogens with one attached hydrogen (secondary N) is 1. The van der Waals surface area contributed by atoms with E-state index in [9.17, 15) is 0 Å². The van der Waals surface area contributed by atoms with Crippen molar-refractivity contribution in [2.45, 2.75) is 58.4 Å². The quantitative estimate of drug-likeness (QED) is 0.681. The molecule has 1 unspecified atom stereocenters. The van der Waals surface area contributed by atoms with Gasteiger partial charge >= 0.3 is 0 Å². The second kappa shape index (κ2) is 9.16. The SMILES string of the molecule is CCCC(CCC)C(CCc1ccccc1)NC. The third-order valence-electron chi connectivity index (χ3n) is 3.85. The fourth-order valence-electron chi connectivity index (χ4n) is 2.87. The maximum absolute atomic E-state index is 3.54. The molecule has 0 amide bonds. The monoisotopic (exact) mass is 247 g/mol. The molecule has 102 valence electrons. The first kappa shape index (κ1) is 15.2. The average Bonchev–Trinajstić information content (AvgIpc) is 2.41. The van der Waals surface area contributed by atoms with Crippen LogP contribution in [-0.4, -0.2) is 13.1 Å². The molecule has 0 radical (unpaired) electrons. The highest BCUT2D eigenvalue weighted by Crippen LogP contribution is 2.21. The topological polar surface area (TPSA) is 12.0 Å². The Morgan fingerprint density at radius 2 is 1.56 bits per heavy atom. The zero-order valence-electron chi connectivity index (χ0n) is 12.3. The molecule has 0 saturated heterocycles. The van der Waals surface area contributed by atoms with Crippen molar-refractivity contribution in [3.8, 4) is 0 Å². The molecule has 18 heavy (non-hydrogen) atoms. The summed E-state index contributed by atoms with van der Waals surface area (Å²) in [6, 6.07) is 11.5. The van der Waals surface area contributed by atoms with Crippen LogP contribution in [-0.2, 0) is 6.42 Å². The second-order valence-corrected chi connectivity index (χ2v) is 5.26. The Hall–Kier alpha value is -0.820. The number of benzene rings is 1. The van der Waals surface area contributed by atoms with Crippen molar-refractivity contribution in [1.29, 1.82) is 0 Å². The van der Waals surface area contributed by atoms with E-state index < -0.39 is 0 Å². The third kappa shape index (κ3) is 5.22. The molecule has 0 aliphatic rings. The summed E-state index contributed by atoms with van der Waals surface area (Å²) >= 11 is 0. The van der Waals surface area contributed by atoms with E-state index in [0.717, 1.165) is 5.92 Å². The summed E-state index contributed by atoms with van der Waals surface area (Å²) in [5.74, 6) is 0.841. The molecular weight excluding hydrogens is 218 g/mol. The van der Waals surface area contributed by atoms with Crippen LogP contribution in [0.1, 0.15) is 51.5 Å². The van der Waals surface area contributed by atoms with Gasteiger partial charge in [-0.1, -0.05) is 57.0 Å². The van der Waals surface area contributed by atoms with Crippen LogP contribution in [0, 0.1) is 5.92 Å². The van der Waals surface area contributed by atoms with Gasteiger partial charge in [-0.2, -0.15) is 0 Å². The van der Waals surface area contributed by atoms with E-state index in [-0.39, 0.29) is 0 Å². The van der Waals surface area contributed by atoms with E-state index in [4.69, 9.17) is 0 Å². The molecule has 0 aliphatic carbocycles. The standard InChI is InChI=1S/C17H29N/c1-4-9-16(10-5-2)17(18-3)14-13-15-11-7-6-8-12-15/h6-8,11-12,16-18H,4-5,9-10,13-14H2,1-3H3. The molecule has 0 aromatic heterocycles. The predicted molar refractivity (Wildman–Crippen MR) is 80.9 cm³/mol. The largest absolute Gasteiger partial charge is 0.317 e. The van der Waals surface area contributed by atoms with E-state index in [1.165, 1.54) is 44.1 Å². The van der Waals surface area contributed by atoms with Gasteiger partial charge in [-0.05, 0) is 44.2 Å². The van der Waals surface area contributed by atoms with Crippen LogP contribution in [0.15, 0.2) is 30.3 Å². The van der Waals surface area contributed by atoms with Crippen LogP contribution in [0.3, 0.4) is 0 Å². The molecule has 0 spiro atoms. The Bertz CT molecular complexity index is 288. The maximum atomic E-state index is 3.54. The first-order chi connectivity index (χ1) is 8.81. The van der Waals surface area contributed by atoms with E-state index in [1.54, 1.807) is 0 Å². The molecular formula is C17H29N. The van der Waals surface area contributed by atoms with Gasteiger partial charge in [-0.15, -0.1) is 0 Å². The van der Waals surface area contributed by atoms with Gasteiger partial charge in [0, 0.05) is 6.04 Å². The molecule has 1 aromatic carbocycles. The van der Waals surface area contributed by atoms with Crippen molar-refractivity contribution in [1.82, 2.24) is 5.32 Å². The number of rotatable bonds is 9. The third-order valence-corrected chi connectivity index (χ3v) is 3.85. The minimum Gasteiger partial charge on any atom is -0.317 e. The fraction of sp³-hybridized carbons (Fsp3) is 0.647. The van der Waals surface area contributed by atoms with Gasteiger partial charge in [0.25, 0.3) is 0 Å². The summed E-state index contributed by atoms with van der Waals surface area (Å²) in [7, 11) is 2.12. The van der Waals surface area contributed by atoms with Crippen molar-refractivity contribution in [3.05, 3.63) is 35.9 Å². The summed E-state index contributed by atoms with van der Waals surface area (Å²) in [5.41, 5.74) is 1.46. The van der Waals surface area contributed by atoms with Gasteiger partial charge in [-0.25, -0.2) is 0 Å². The lowest BCUT2D eigenvalue weighted by atomic mass is 9.87. The van der Waals surface area contributed by atoms with Gasteiger partial charge in [-0.3, -0.25) is 0 Å². The fourth-order valence-corrected chi connectivity index (χ4v) is 2.87. The van der Waals surface area contributed by atoms with Gasteiger partial charge < -0.3 is 5.32 Å². The van der Waals surface area contributed by atoms with Crippen LogP contribution < -0.4 is 5.32 Å². The Morgan fingerprint density at radius 3 is 2.06 bits per heavy atom. The van der Waals surface area contributed by atoms with Gasteiger partial charge in [0.2, 0.25) is 0 Å². The molecule has 1 atom stereocenters. The van der Waals surface area contributed by atoms with Crippen molar-refractivity contribution in [2.75, 3.05) is 7.05 Å². The zero-order chi connectivity index (χ0) is 13.2. The molecule has 0 saturated carbocycles. The first-order valence-corrected chi connectivity index (χ1v) is 7.53. The highest BCUT2D eigenvalue weighted by molar-refractivity contribution is 5.14. The molecule has 1 rings (SSSR count). The van der Waals surface area contributed by atoms with Crippen molar-refractivity contribution in [3.63, 3.8) is 0 Å². The lowest BCUT2D eigenvalue weighted by molar-refractivity contribution is 0.310. The number of aryl methyl sites for hydroxylation is 1. The van der Waals surface area contributed by atoms with Crippen LogP contribution in [0.2, 0.25) is 0 Å². The van der Waals surface area contributed by atoms with Crippen LogP contribution in [0.5, 0.6) is 0 Å². The van der Waals surface area contributed by atoms with Crippen LogP contribution in [0.4, 0.5) is 0 Å². The summed E-state index contributed by atoms with van der Waals surface area (Å²) in [5, 5.41) is 3.54. The van der Waals surface area contributed by atoms with Gasteiger partial charge in [0.05, 0.1) is 0 Å². The highest BCUT2D eigenvalue weighted by Gasteiger charge is 2.18.